The van der Waals surface area contributed by atoms with Crippen LogP contribution in [0.15, 0.2) is 12.2 Å². The van der Waals surface area contributed by atoms with Crippen molar-refractivity contribution in [1.29, 1.82) is 0 Å². The fraction of sp³-hybridized carbons (Fsp3) is 0.333. The Bertz CT molecular complexity index is 235. The third kappa shape index (κ3) is 1.35. The Labute approximate surface area is 67.7 Å². The average molecular weight is 177 g/mol. The quantitative estimate of drug-likeness (QED) is 0.423. The lowest BCUT2D eigenvalue weighted by molar-refractivity contribution is -0.161. The number of alkyl halides is 1. The summed E-state index contributed by atoms with van der Waals surface area (Å²) >= 11 is 5.51. The Morgan fingerprint density at radius 1 is 1.82 bits per heavy atom. The molecule has 0 radical (unpaired) electrons. The first-order valence-electron chi connectivity index (χ1n) is 2.78. The molecule has 0 N–H and O–H groups in total. The molecule has 60 valence electrons. The zero-order valence-corrected chi connectivity index (χ0v) is 6.42. The molecule has 0 saturated heterocycles. The fourth-order valence-corrected chi connectivity index (χ4v) is 0.855. The lowest BCUT2D eigenvalue weighted by Crippen LogP contribution is -2.32. The van der Waals surface area contributed by atoms with Crippen molar-refractivity contribution in [1.82, 2.24) is 0 Å². The first kappa shape index (κ1) is 8.07. The third-order valence-corrected chi connectivity index (χ3v) is 1.50. The Hall–Kier alpha value is -1.03. The second-order valence-electron chi connectivity index (χ2n) is 1.89. The van der Waals surface area contributed by atoms with Crippen molar-refractivity contribution < 1.29 is 19.1 Å². The molecule has 1 rings (SSSR count). The van der Waals surface area contributed by atoms with Gasteiger partial charge in [-0.05, 0) is 6.08 Å². The van der Waals surface area contributed by atoms with E-state index >= 15 is 0 Å². The molecule has 0 aromatic carbocycles. The SMILES string of the molecule is COC(=O)C1(Cl)C=CC(=O)O1. The van der Waals surface area contributed by atoms with E-state index in [1.54, 1.807) is 0 Å². The number of ether oxygens (including phenoxy) is 2. The van der Waals surface area contributed by atoms with Crippen LogP contribution in [0.3, 0.4) is 0 Å². The molecule has 0 fully saturated rings. The van der Waals surface area contributed by atoms with Gasteiger partial charge in [0.15, 0.2) is 0 Å². The number of halogens is 1. The van der Waals surface area contributed by atoms with E-state index in [-0.39, 0.29) is 0 Å². The molecule has 1 unspecified atom stereocenters. The monoisotopic (exact) mass is 176 g/mol. The standard InChI is InChI=1S/C6H5ClO4/c1-10-5(9)6(7)3-2-4(8)11-6/h2-3H,1H3. The first-order chi connectivity index (χ1) is 5.08. The number of esters is 2. The number of methoxy groups -OCH3 is 1. The molecule has 0 amide bonds. The molecule has 1 aliphatic rings. The molecule has 4 nitrogen and oxygen atoms in total. The van der Waals surface area contributed by atoms with Crippen molar-refractivity contribution in [3.63, 3.8) is 0 Å². The number of hydrogen-bond acceptors (Lipinski definition) is 4. The minimum absolute atomic E-state index is 0.648. The predicted molar refractivity (Wildman–Crippen MR) is 35.8 cm³/mol. The summed E-state index contributed by atoms with van der Waals surface area (Å²) < 4.78 is 8.73. The van der Waals surface area contributed by atoms with Gasteiger partial charge in [-0.2, -0.15) is 0 Å². The van der Waals surface area contributed by atoms with Gasteiger partial charge in [-0.15, -0.1) is 0 Å². The third-order valence-electron chi connectivity index (χ3n) is 1.15. The largest absolute Gasteiger partial charge is 0.465 e. The predicted octanol–water partition coefficient (Wildman–Crippen LogP) is 0.207. The number of rotatable bonds is 1. The van der Waals surface area contributed by atoms with E-state index in [2.05, 4.69) is 9.47 Å². The smallest absolute Gasteiger partial charge is 0.370 e. The second kappa shape index (κ2) is 2.54. The Kier molecular flexibility index (Phi) is 1.87. The van der Waals surface area contributed by atoms with Gasteiger partial charge in [-0.3, -0.25) is 0 Å². The van der Waals surface area contributed by atoms with Crippen LogP contribution in [-0.2, 0) is 19.1 Å². The normalized spacial score (nSPS) is 28.4. The van der Waals surface area contributed by atoms with Gasteiger partial charge in [-0.25, -0.2) is 9.59 Å². The molecule has 0 aromatic rings. The van der Waals surface area contributed by atoms with Crippen molar-refractivity contribution in [2.75, 3.05) is 7.11 Å². The van der Waals surface area contributed by atoms with Gasteiger partial charge < -0.3 is 9.47 Å². The maximum atomic E-state index is 10.8. The lowest BCUT2D eigenvalue weighted by Gasteiger charge is -2.14. The van der Waals surface area contributed by atoms with Crippen LogP contribution in [0.2, 0.25) is 0 Å². The van der Waals surface area contributed by atoms with E-state index in [4.69, 9.17) is 11.6 Å². The van der Waals surface area contributed by atoms with Crippen molar-refractivity contribution in [2.45, 2.75) is 5.06 Å². The summed E-state index contributed by atoms with van der Waals surface area (Å²) in [4.78, 5) is 21.3. The summed E-state index contributed by atoms with van der Waals surface area (Å²) in [5.74, 6) is -1.45. The molecule has 0 spiro atoms. The lowest BCUT2D eigenvalue weighted by atomic mass is 10.3. The highest BCUT2D eigenvalue weighted by atomic mass is 35.5. The molecule has 0 saturated carbocycles. The molecule has 0 bridgehead atoms. The Balaban J connectivity index is 2.78. The fourth-order valence-electron chi connectivity index (χ4n) is 0.639. The van der Waals surface area contributed by atoms with Gasteiger partial charge >= 0.3 is 17.0 Å². The van der Waals surface area contributed by atoms with Crippen LogP contribution in [0, 0.1) is 0 Å². The molecule has 1 heterocycles. The second-order valence-corrected chi connectivity index (χ2v) is 2.45. The van der Waals surface area contributed by atoms with Crippen LogP contribution in [0.5, 0.6) is 0 Å². The number of carbonyl (C=O) groups is 2. The van der Waals surface area contributed by atoms with Crippen molar-refractivity contribution in [2.24, 2.45) is 0 Å². The van der Waals surface area contributed by atoms with Crippen LogP contribution in [-0.4, -0.2) is 24.1 Å². The van der Waals surface area contributed by atoms with E-state index < -0.39 is 17.0 Å². The first-order valence-corrected chi connectivity index (χ1v) is 3.16. The minimum Gasteiger partial charge on any atom is -0.465 e. The summed E-state index contributed by atoms with van der Waals surface area (Å²) in [5, 5.41) is -1.74. The number of cyclic esters (lactones) is 1. The van der Waals surface area contributed by atoms with E-state index in [0.29, 0.717) is 0 Å². The summed E-state index contributed by atoms with van der Waals surface area (Å²) in [5.41, 5.74) is 0. The average Bonchev–Trinajstić information content (AvgIpc) is 2.31. The molecular weight excluding hydrogens is 172 g/mol. The van der Waals surface area contributed by atoms with Crippen LogP contribution >= 0.6 is 11.6 Å². The molecule has 1 atom stereocenters. The molecular formula is C6H5ClO4. The van der Waals surface area contributed by atoms with Crippen molar-refractivity contribution in [3.05, 3.63) is 12.2 Å². The summed E-state index contributed by atoms with van der Waals surface area (Å²) in [6.07, 6.45) is 2.21. The molecule has 0 aliphatic carbocycles. The molecule has 0 aromatic heterocycles. The highest BCUT2D eigenvalue weighted by Gasteiger charge is 2.42. The minimum atomic E-state index is -1.74. The number of carbonyl (C=O) groups excluding carboxylic acids is 2. The van der Waals surface area contributed by atoms with E-state index in [9.17, 15) is 9.59 Å². The van der Waals surface area contributed by atoms with E-state index in [0.717, 1.165) is 19.3 Å². The van der Waals surface area contributed by atoms with E-state index in [1.165, 1.54) is 0 Å². The highest BCUT2D eigenvalue weighted by Crippen LogP contribution is 2.25. The Morgan fingerprint density at radius 2 is 2.45 bits per heavy atom. The summed E-state index contributed by atoms with van der Waals surface area (Å²) in [7, 11) is 1.16. The van der Waals surface area contributed by atoms with Crippen LogP contribution in [0.25, 0.3) is 0 Å². The topological polar surface area (TPSA) is 52.6 Å². The summed E-state index contributed by atoms with van der Waals surface area (Å²) in [6, 6.07) is 0. The number of hydrogen-bond donors (Lipinski definition) is 0. The zero-order chi connectivity index (χ0) is 8.48. The van der Waals surface area contributed by atoms with Gasteiger partial charge in [0.05, 0.1) is 7.11 Å². The maximum absolute atomic E-state index is 10.8. The van der Waals surface area contributed by atoms with Crippen LogP contribution in [0.1, 0.15) is 0 Å². The van der Waals surface area contributed by atoms with Gasteiger partial charge in [-0.1, -0.05) is 11.6 Å². The zero-order valence-electron chi connectivity index (χ0n) is 5.67. The molecule has 1 aliphatic heterocycles. The highest BCUT2D eigenvalue weighted by molar-refractivity contribution is 6.35. The van der Waals surface area contributed by atoms with E-state index in [1.807, 2.05) is 0 Å². The van der Waals surface area contributed by atoms with Gasteiger partial charge in [0, 0.05) is 6.08 Å². The maximum Gasteiger partial charge on any atom is 0.370 e. The summed E-state index contributed by atoms with van der Waals surface area (Å²) in [6.45, 7) is 0. The van der Waals surface area contributed by atoms with Gasteiger partial charge in [0.1, 0.15) is 0 Å². The molecule has 11 heavy (non-hydrogen) atoms. The van der Waals surface area contributed by atoms with Gasteiger partial charge in [0.25, 0.3) is 0 Å². The van der Waals surface area contributed by atoms with Crippen LogP contribution in [0.4, 0.5) is 0 Å². The van der Waals surface area contributed by atoms with Gasteiger partial charge in [0.2, 0.25) is 0 Å². The Morgan fingerprint density at radius 3 is 2.82 bits per heavy atom. The van der Waals surface area contributed by atoms with Crippen molar-refractivity contribution in [3.8, 4) is 0 Å². The van der Waals surface area contributed by atoms with Crippen molar-refractivity contribution >= 4 is 23.5 Å². The molecule has 5 heteroatoms. The van der Waals surface area contributed by atoms with Crippen LogP contribution < -0.4 is 0 Å².